The Hall–Kier alpha value is -1.98. The molecule has 4 nitrogen and oxygen atoms in total. The Kier molecular flexibility index (Phi) is 4.43. The van der Waals surface area contributed by atoms with Crippen LogP contribution in [0, 0.1) is 0 Å². The first-order chi connectivity index (χ1) is 10.4. The predicted octanol–water partition coefficient (Wildman–Crippen LogP) is 1.88. The minimum absolute atomic E-state index is 0.0832. The predicted molar refractivity (Wildman–Crippen MR) is 81.1 cm³/mol. The Morgan fingerprint density at radius 1 is 1.05 bits per heavy atom. The van der Waals surface area contributed by atoms with Gasteiger partial charge in [0.1, 0.15) is 6.61 Å². The zero-order valence-corrected chi connectivity index (χ0v) is 11.9. The lowest BCUT2D eigenvalue weighted by Gasteiger charge is -2.13. The molecule has 108 valence electrons. The molecule has 1 heterocycles. The Morgan fingerprint density at radius 3 is 2.52 bits per heavy atom. The molecule has 1 fully saturated rings. The Labute approximate surface area is 124 Å². The van der Waals surface area contributed by atoms with Crippen LogP contribution in [0.4, 0.5) is 0 Å². The van der Waals surface area contributed by atoms with E-state index in [9.17, 15) is 0 Å². The van der Waals surface area contributed by atoms with Gasteiger partial charge in [0.25, 0.3) is 0 Å². The van der Waals surface area contributed by atoms with Crippen LogP contribution in [0.5, 0.6) is 11.5 Å². The fourth-order valence-electron chi connectivity index (χ4n) is 2.24. The van der Waals surface area contributed by atoms with Gasteiger partial charge in [-0.1, -0.05) is 42.5 Å². The van der Waals surface area contributed by atoms with E-state index in [0.29, 0.717) is 19.0 Å². The van der Waals surface area contributed by atoms with Crippen molar-refractivity contribution >= 4 is 12.6 Å². The smallest absolute Gasteiger partial charge is 0.493 e. The van der Waals surface area contributed by atoms with Crippen LogP contribution in [0.15, 0.2) is 54.6 Å². The van der Waals surface area contributed by atoms with Crippen LogP contribution in [0.25, 0.3) is 0 Å². The lowest BCUT2D eigenvalue weighted by Crippen LogP contribution is -2.33. The molecule has 2 aromatic rings. The SMILES string of the molecule is COc1ccccc1OC[C@H]1COB(c2ccccc2)O1. The quantitative estimate of drug-likeness (QED) is 0.786. The van der Waals surface area contributed by atoms with E-state index in [0.717, 1.165) is 11.2 Å². The lowest BCUT2D eigenvalue weighted by atomic mass is 9.79. The maximum atomic E-state index is 5.85. The van der Waals surface area contributed by atoms with Gasteiger partial charge >= 0.3 is 7.12 Å². The molecule has 5 heteroatoms. The minimum Gasteiger partial charge on any atom is -0.493 e. The second-order valence-corrected chi connectivity index (χ2v) is 4.80. The zero-order valence-electron chi connectivity index (χ0n) is 11.9. The van der Waals surface area contributed by atoms with Gasteiger partial charge < -0.3 is 18.8 Å². The fourth-order valence-corrected chi connectivity index (χ4v) is 2.24. The highest BCUT2D eigenvalue weighted by molar-refractivity contribution is 6.61. The molecule has 1 aliphatic rings. The molecule has 3 rings (SSSR count). The molecule has 21 heavy (non-hydrogen) atoms. The van der Waals surface area contributed by atoms with Crippen LogP contribution in [0.2, 0.25) is 0 Å². The number of hydrogen-bond acceptors (Lipinski definition) is 4. The molecule has 1 saturated heterocycles. The third-order valence-electron chi connectivity index (χ3n) is 3.32. The van der Waals surface area contributed by atoms with E-state index in [-0.39, 0.29) is 13.2 Å². The van der Waals surface area contributed by atoms with Gasteiger partial charge in [0.2, 0.25) is 0 Å². The molecular weight excluding hydrogens is 267 g/mol. The summed E-state index contributed by atoms with van der Waals surface area (Å²) in [7, 11) is 1.32. The normalized spacial score (nSPS) is 17.8. The van der Waals surface area contributed by atoms with E-state index >= 15 is 0 Å². The van der Waals surface area contributed by atoms with Gasteiger partial charge in [0.15, 0.2) is 11.5 Å². The number of rotatable bonds is 5. The zero-order chi connectivity index (χ0) is 14.5. The van der Waals surface area contributed by atoms with Gasteiger partial charge in [0.05, 0.1) is 19.8 Å². The van der Waals surface area contributed by atoms with Crippen LogP contribution in [0.1, 0.15) is 0 Å². The Bertz CT molecular complexity index is 575. The molecule has 0 bridgehead atoms. The third kappa shape index (κ3) is 3.38. The summed E-state index contributed by atoms with van der Waals surface area (Å²) in [6.07, 6.45) is -0.0832. The Balaban J connectivity index is 1.56. The van der Waals surface area contributed by atoms with Crippen LogP contribution < -0.4 is 14.9 Å². The first-order valence-corrected chi connectivity index (χ1v) is 6.94. The van der Waals surface area contributed by atoms with Gasteiger partial charge in [-0.05, 0) is 17.6 Å². The maximum absolute atomic E-state index is 5.85. The number of benzene rings is 2. The monoisotopic (exact) mass is 284 g/mol. The highest BCUT2D eigenvalue weighted by Crippen LogP contribution is 2.26. The molecule has 2 aromatic carbocycles. The minimum atomic E-state index is -0.308. The van der Waals surface area contributed by atoms with Crippen LogP contribution >= 0.6 is 0 Å². The molecular formula is C16H17BO4. The van der Waals surface area contributed by atoms with E-state index in [1.807, 2.05) is 54.6 Å². The van der Waals surface area contributed by atoms with E-state index in [2.05, 4.69) is 0 Å². The summed E-state index contributed by atoms with van der Waals surface area (Å²) in [5.74, 6) is 1.43. The summed E-state index contributed by atoms with van der Waals surface area (Å²) in [6.45, 7) is 0.957. The van der Waals surface area contributed by atoms with Crippen LogP contribution in [0.3, 0.4) is 0 Å². The highest BCUT2D eigenvalue weighted by atomic mass is 16.7. The van der Waals surface area contributed by atoms with E-state index in [4.69, 9.17) is 18.8 Å². The van der Waals surface area contributed by atoms with Crippen molar-refractivity contribution < 1.29 is 18.8 Å². The summed E-state index contributed by atoms with van der Waals surface area (Å²) in [4.78, 5) is 0. The first kappa shape index (κ1) is 14.0. The van der Waals surface area contributed by atoms with Crippen LogP contribution in [-0.4, -0.2) is 33.5 Å². The molecule has 1 atom stereocenters. The van der Waals surface area contributed by atoms with Crippen molar-refractivity contribution in [3.8, 4) is 11.5 Å². The molecule has 0 saturated carbocycles. The molecule has 0 spiro atoms. The average molecular weight is 284 g/mol. The highest BCUT2D eigenvalue weighted by Gasteiger charge is 2.33. The van der Waals surface area contributed by atoms with Gasteiger partial charge in [-0.2, -0.15) is 0 Å². The molecule has 0 aliphatic carbocycles. The van der Waals surface area contributed by atoms with E-state index in [1.54, 1.807) is 7.11 Å². The molecule has 0 amide bonds. The second kappa shape index (κ2) is 6.65. The molecule has 0 N–H and O–H groups in total. The van der Waals surface area contributed by atoms with Gasteiger partial charge in [-0.15, -0.1) is 0 Å². The van der Waals surface area contributed by atoms with Crippen molar-refractivity contribution in [3.63, 3.8) is 0 Å². The largest absolute Gasteiger partial charge is 0.494 e. The number of ether oxygens (including phenoxy) is 2. The van der Waals surface area contributed by atoms with Crippen molar-refractivity contribution in [1.82, 2.24) is 0 Å². The third-order valence-corrected chi connectivity index (χ3v) is 3.32. The first-order valence-electron chi connectivity index (χ1n) is 6.94. The summed E-state index contributed by atoms with van der Waals surface area (Å²) in [5, 5.41) is 0. The van der Waals surface area contributed by atoms with Crippen molar-refractivity contribution in [1.29, 1.82) is 0 Å². The fraction of sp³-hybridized carbons (Fsp3) is 0.250. The van der Waals surface area contributed by atoms with Crippen molar-refractivity contribution in [3.05, 3.63) is 54.6 Å². The van der Waals surface area contributed by atoms with Gasteiger partial charge in [-0.25, -0.2) is 0 Å². The molecule has 1 aliphatic heterocycles. The second-order valence-electron chi connectivity index (χ2n) is 4.80. The number of methoxy groups -OCH3 is 1. The molecule has 0 unspecified atom stereocenters. The van der Waals surface area contributed by atoms with E-state index in [1.165, 1.54) is 0 Å². The molecule has 0 radical (unpaired) electrons. The topological polar surface area (TPSA) is 36.9 Å². The lowest BCUT2D eigenvalue weighted by molar-refractivity contribution is 0.145. The number of para-hydroxylation sites is 2. The van der Waals surface area contributed by atoms with Crippen LogP contribution in [-0.2, 0) is 9.31 Å². The van der Waals surface area contributed by atoms with Gasteiger partial charge in [-0.3, -0.25) is 0 Å². The van der Waals surface area contributed by atoms with Crippen molar-refractivity contribution in [2.24, 2.45) is 0 Å². The standard InChI is InChI=1S/C16H17BO4/c1-18-15-9-5-6-10-16(15)19-11-14-12-20-17(21-14)13-7-3-2-4-8-13/h2-10,14H,11-12H2,1H3/t14-/m0/s1. The summed E-state index contributed by atoms with van der Waals surface area (Å²) < 4.78 is 22.5. The summed E-state index contributed by atoms with van der Waals surface area (Å²) >= 11 is 0. The molecule has 0 aromatic heterocycles. The summed E-state index contributed by atoms with van der Waals surface area (Å²) in [6, 6.07) is 17.5. The summed E-state index contributed by atoms with van der Waals surface area (Å²) in [5.41, 5.74) is 1.03. The van der Waals surface area contributed by atoms with Gasteiger partial charge in [0, 0.05) is 0 Å². The van der Waals surface area contributed by atoms with Crippen molar-refractivity contribution in [2.75, 3.05) is 20.3 Å². The number of hydrogen-bond donors (Lipinski definition) is 0. The van der Waals surface area contributed by atoms with E-state index < -0.39 is 0 Å². The van der Waals surface area contributed by atoms with Crippen molar-refractivity contribution in [2.45, 2.75) is 6.10 Å². The Morgan fingerprint density at radius 2 is 1.76 bits per heavy atom. The maximum Gasteiger partial charge on any atom is 0.494 e. The average Bonchev–Trinajstić information content (AvgIpc) is 3.03.